The molecule has 18 heavy (non-hydrogen) atoms. The SMILES string of the molecule is CC(C)N(C)S(=O)(=O)c1cccc(F)c1[N+](=O)[O-]. The molecule has 0 atom stereocenters. The van der Waals surface area contributed by atoms with Gasteiger partial charge in [-0.05, 0) is 26.0 Å². The van der Waals surface area contributed by atoms with E-state index in [1.54, 1.807) is 13.8 Å². The Morgan fingerprint density at radius 1 is 1.39 bits per heavy atom. The molecule has 0 saturated heterocycles. The first kappa shape index (κ1) is 14.5. The first-order valence-electron chi connectivity index (χ1n) is 5.10. The molecule has 0 aromatic heterocycles. The molecule has 0 aliphatic heterocycles. The third-order valence-electron chi connectivity index (χ3n) is 2.52. The van der Waals surface area contributed by atoms with Crippen LogP contribution in [0.4, 0.5) is 10.1 Å². The fourth-order valence-corrected chi connectivity index (χ4v) is 2.85. The largest absolute Gasteiger partial charge is 0.324 e. The van der Waals surface area contributed by atoms with Crippen molar-refractivity contribution in [1.29, 1.82) is 0 Å². The maximum Gasteiger partial charge on any atom is 0.324 e. The molecule has 0 spiro atoms. The zero-order chi connectivity index (χ0) is 14.1. The van der Waals surface area contributed by atoms with Crippen LogP contribution in [0.1, 0.15) is 13.8 Å². The Morgan fingerprint density at radius 3 is 2.39 bits per heavy atom. The van der Waals surface area contributed by atoms with Gasteiger partial charge in [0.05, 0.1) is 4.92 Å². The number of halogens is 1. The van der Waals surface area contributed by atoms with Crippen LogP contribution in [0.3, 0.4) is 0 Å². The minimum atomic E-state index is -4.08. The van der Waals surface area contributed by atoms with Gasteiger partial charge in [0.2, 0.25) is 15.8 Å². The van der Waals surface area contributed by atoms with Crippen molar-refractivity contribution in [3.05, 3.63) is 34.1 Å². The average molecular weight is 276 g/mol. The highest BCUT2D eigenvalue weighted by atomic mass is 32.2. The Morgan fingerprint density at radius 2 is 1.94 bits per heavy atom. The minimum absolute atomic E-state index is 0.391. The standard InChI is InChI=1S/C10H13FN2O4S/c1-7(2)12(3)18(16,17)9-6-4-5-8(11)10(9)13(14)15/h4-7H,1-3H3. The van der Waals surface area contributed by atoms with Crippen LogP contribution in [-0.2, 0) is 10.0 Å². The maximum atomic E-state index is 13.4. The molecule has 1 rings (SSSR count). The van der Waals surface area contributed by atoms with Gasteiger partial charge in [-0.1, -0.05) is 6.07 Å². The maximum absolute atomic E-state index is 13.4. The van der Waals surface area contributed by atoms with Crippen LogP contribution in [0.5, 0.6) is 0 Å². The molecule has 100 valence electrons. The fourth-order valence-electron chi connectivity index (χ4n) is 1.31. The second-order valence-electron chi connectivity index (χ2n) is 3.96. The lowest BCUT2D eigenvalue weighted by molar-refractivity contribution is -0.390. The second-order valence-corrected chi connectivity index (χ2v) is 5.92. The third kappa shape index (κ3) is 2.49. The molecule has 0 radical (unpaired) electrons. The molecule has 1 aromatic carbocycles. The van der Waals surface area contributed by atoms with E-state index in [2.05, 4.69) is 0 Å². The summed E-state index contributed by atoms with van der Waals surface area (Å²) in [6.45, 7) is 3.23. The lowest BCUT2D eigenvalue weighted by Crippen LogP contribution is -2.33. The number of nitro groups is 1. The van der Waals surface area contributed by atoms with E-state index in [1.165, 1.54) is 7.05 Å². The predicted molar refractivity (Wildman–Crippen MR) is 63.1 cm³/mol. The van der Waals surface area contributed by atoms with Gasteiger partial charge in [-0.2, -0.15) is 8.70 Å². The highest BCUT2D eigenvalue weighted by molar-refractivity contribution is 7.89. The molecule has 6 nitrogen and oxygen atoms in total. The lowest BCUT2D eigenvalue weighted by Gasteiger charge is -2.20. The molecule has 0 bridgehead atoms. The summed E-state index contributed by atoms with van der Waals surface area (Å²) in [6, 6.07) is 2.61. The number of benzene rings is 1. The van der Waals surface area contributed by atoms with E-state index in [0.29, 0.717) is 0 Å². The monoisotopic (exact) mass is 276 g/mol. The van der Waals surface area contributed by atoms with Crippen LogP contribution in [-0.4, -0.2) is 30.7 Å². The van der Waals surface area contributed by atoms with Crippen molar-refractivity contribution in [3.8, 4) is 0 Å². The molecular weight excluding hydrogens is 263 g/mol. The summed E-state index contributed by atoms with van der Waals surface area (Å²) in [5, 5.41) is 10.8. The quantitative estimate of drug-likeness (QED) is 0.620. The van der Waals surface area contributed by atoms with Gasteiger partial charge in [0.1, 0.15) is 0 Å². The topological polar surface area (TPSA) is 80.5 Å². The van der Waals surface area contributed by atoms with Gasteiger partial charge in [-0.3, -0.25) is 10.1 Å². The summed E-state index contributed by atoms with van der Waals surface area (Å²) in [4.78, 5) is 9.10. The molecular formula is C10H13FN2O4S. The Balaban J connectivity index is 3.52. The molecule has 0 saturated carbocycles. The molecule has 0 unspecified atom stereocenters. The van der Waals surface area contributed by atoms with Gasteiger partial charge >= 0.3 is 5.69 Å². The summed E-state index contributed by atoms with van der Waals surface area (Å²) >= 11 is 0. The molecule has 0 aliphatic carbocycles. The van der Waals surface area contributed by atoms with Crippen molar-refractivity contribution < 1.29 is 17.7 Å². The van der Waals surface area contributed by atoms with Gasteiger partial charge in [0.25, 0.3) is 0 Å². The summed E-state index contributed by atoms with van der Waals surface area (Å²) in [5.74, 6) is -1.17. The zero-order valence-corrected chi connectivity index (χ0v) is 10.9. The van der Waals surface area contributed by atoms with E-state index in [1.807, 2.05) is 0 Å². The van der Waals surface area contributed by atoms with E-state index in [9.17, 15) is 22.9 Å². The molecule has 0 N–H and O–H groups in total. The van der Waals surface area contributed by atoms with E-state index in [4.69, 9.17) is 0 Å². The third-order valence-corrected chi connectivity index (χ3v) is 4.58. The van der Waals surface area contributed by atoms with E-state index < -0.39 is 37.4 Å². The highest BCUT2D eigenvalue weighted by Gasteiger charge is 2.33. The Labute approximate surface area is 104 Å². The molecule has 0 fully saturated rings. The number of nitro benzene ring substituents is 1. The average Bonchev–Trinajstić information content (AvgIpc) is 2.26. The molecule has 1 aromatic rings. The van der Waals surface area contributed by atoms with Crippen LogP contribution in [0.2, 0.25) is 0 Å². The van der Waals surface area contributed by atoms with Crippen LogP contribution in [0.25, 0.3) is 0 Å². The lowest BCUT2D eigenvalue weighted by atomic mass is 10.3. The molecule has 8 heteroatoms. The number of nitrogens with zero attached hydrogens (tertiary/aromatic N) is 2. The van der Waals surface area contributed by atoms with Crippen molar-refractivity contribution >= 4 is 15.7 Å². The van der Waals surface area contributed by atoms with Crippen LogP contribution >= 0.6 is 0 Å². The summed E-state index contributed by atoms with van der Waals surface area (Å²) < 4.78 is 38.5. The minimum Gasteiger partial charge on any atom is -0.258 e. The van der Waals surface area contributed by atoms with Gasteiger partial charge in [-0.25, -0.2) is 8.42 Å². The molecule has 0 aliphatic rings. The number of hydrogen-bond donors (Lipinski definition) is 0. The predicted octanol–water partition coefficient (Wildman–Crippen LogP) is 1.76. The van der Waals surface area contributed by atoms with Crippen LogP contribution in [0, 0.1) is 15.9 Å². The van der Waals surface area contributed by atoms with Gasteiger partial charge in [-0.15, -0.1) is 0 Å². The van der Waals surface area contributed by atoms with Gasteiger partial charge < -0.3 is 0 Å². The summed E-state index contributed by atoms with van der Waals surface area (Å²) in [6.07, 6.45) is 0. The van der Waals surface area contributed by atoms with Crippen LogP contribution in [0.15, 0.2) is 23.1 Å². The van der Waals surface area contributed by atoms with Crippen LogP contribution < -0.4 is 0 Å². The first-order valence-corrected chi connectivity index (χ1v) is 6.54. The highest BCUT2D eigenvalue weighted by Crippen LogP contribution is 2.29. The fraction of sp³-hybridized carbons (Fsp3) is 0.400. The van der Waals surface area contributed by atoms with E-state index >= 15 is 0 Å². The van der Waals surface area contributed by atoms with Crippen molar-refractivity contribution in [3.63, 3.8) is 0 Å². The summed E-state index contributed by atoms with van der Waals surface area (Å²) in [5.41, 5.74) is -1.02. The van der Waals surface area contributed by atoms with Gasteiger partial charge in [0.15, 0.2) is 4.90 Å². The number of hydrogen-bond acceptors (Lipinski definition) is 4. The molecule has 0 amide bonds. The van der Waals surface area contributed by atoms with Gasteiger partial charge in [0, 0.05) is 13.1 Å². The Hall–Kier alpha value is -1.54. The number of sulfonamides is 1. The first-order chi connectivity index (χ1) is 8.19. The van der Waals surface area contributed by atoms with Crippen molar-refractivity contribution in [2.75, 3.05) is 7.05 Å². The van der Waals surface area contributed by atoms with E-state index in [0.717, 1.165) is 22.5 Å². The summed E-state index contributed by atoms with van der Waals surface area (Å²) in [7, 11) is -2.80. The van der Waals surface area contributed by atoms with E-state index in [-0.39, 0.29) is 0 Å². The van der Waals surface area contributed by atoms with Crippen molar-refractivity contribution in [2.24, 2.45) is 0 Å². The normalized spacial score (nSPS) is 12.1. The number of rotatable bonds is 4. The Kier molecular flexibility index (Phi) is 4.02. The van der Waals surface area contributed by atoms with Crippen molar-refractivity contribution in [1.82, 2.24) is 4.31 Å². The number of para-hydroxylation sites is 1. The second kappa shape index (κ2) is 4.99. The van der Waals surface area contributed by atoms with Crippen molar-refractivity contribution in [2.45, 2.75) is 24.8 Å². The smallest absolute Gasteiger partial charge is 0.258 e. The Bertz CT molecular complexity index is 571. The zero-order valence-electron chi connectivity index (χ0n) is 10.1. The molecule has 0 heterocycles.